The van der Waals surface area contributed by atoms with Crippen LogP contribution in [0.25, 0.3) is 11.0 Å². The molecule has 0 aliphatic rings. The van der Waals surface area contributed by atoms with E-state index in [1.54, 1.807) is 0 Å². The minimum absolute atomic E-state index is 0.0171. The summed E-state index contributed by atoms with van der Waals surface area (Å²) in [4.78, 5) is 27.1. The molecule has 13 heteroatoms. The molecular formula is C15H9BrF3N3O5S. The number of rotatable bonds is 4. The molecule has 8 nitrogen and oxygen atoms in total. The predicted octanol–water partition coefficient (Wildman–Crippen LogP) is 2.68. The van der Waals surface area contributed by atoms with Crippen LogP contribution in [-0.4, -0.2) is 24.7 Å². The number of ether oxygens (including phenoxy) is 1. The molecule has 28 heavy (non-hydrogen) atoms. The third-order valence-corrected chi connectivity index (χ3v) is 5.74. The van der Waals surface area contributed by atoms with Crippen LogP contribution in [0.15, 0.2) is 55.4 Å². The van der Waals surface area contributed by atoms with Crippen LogP contribution in [0.3, 0.4) is 0 Å². The molecule has 148 valence electrons. The molecule has 0 amide bonds. The van der Waals surface area contributed by atoms with Crippen molar-refractivity contribution < 1.29 is 26.3 Å². The van der Waals surface area contributed by atoms with Crippen molar-refractivity contribution in [2.75, 3.05) is 4.72 Å². The Kier molecular flexibility index (Phi) is 4.97. The second kappa shape index (κ2) is 6.98. The number of hydrogen-bond acceptors (Lipinski definition) is 5. The van der Waals surface area contributed by atoms with Crippen LogP contribution < -0.4 is 20.6 Å². The molecule has 0 bridgehead atoms. The van der Waals surface area contributed by atoms with Crippen molar-refractivity contribution in [1.29, 1.82) is 0 Å². The molecule has 3 N–H and O–H groups in total. The second-order valence-electron chi connectivity index (χ2n) is 5.41. The number of halogens is 4. The lowest BCUT2D eigenvalue weighted by molar-refractivity contribution is -0.274. The quantitative estimate of drug-likeness (QED) is 0.496. The summed E-state index contributed by atoms with van der Waals surface area (Å²) in [6, 6.07) is 6.49. The van der Waals surface area contributed by atoms with Gasteiger partial charge in [0.05, 0.1) is 11.0 Å². The van der Waals surface area contributed by atoms with Crippen LogP contribution in [0.4, 0.5) is 18.9 Å². The first-order chi connectivity index (χ1) is 12.9. The molecule has 3 aromatic rings. The fourth-order valence-corrected chi connectivity index (χ4v) is 4.39. The van der Waals surface area contributed by atoms with Gasteiger partial charge < -0.3 is 14.7 Å². The summed E-state index contributed by atoms with van der Waals surface area (Å²) in [7, 11) is -4.18. The van der Waals surface area contributed by atoms with Crippen LogP contribution >= 0.6 is 15.9 Å². The maximum Gasteiger partial charge on any atom is 0.573 e. The average Bonchev–Trinajstić information content (AvgIpc) is 2.56. The number of H-pyrrole nitrogens is 2. The number of anilines is 1. The highest BCUT2D eigenvalue weighted by Crippen LogP contribution is 2.28. The first-order valence-corrected chi connectivity index (χ1v) is 9.57. The fraction of sp³-hybridized carbons (Fsp3) is 0.0667. The van der Waals surface area contributed by atoms with E-state index in [0.29, 0.717) is 0 Å². The number of hydrogen-bond donors (Lipinski definition) is 3. The third kappa shape index (κ3) is 4.36. The number of aromatic amines is 2. The Labute approximate surface area is 162 Å². The molecular weight excluding hydrogens is 471 g/mol. The van der Waals surface area contributed by atoms with E-state index in [2.05, 4.69) is 35.4 Å². The standard InChI is InChI=1S/C15H9BrF3N3O5S/c16-9-5-10-11(21-14(24)13(23)20-10)6-12(9)28(25,26)22-7-1-3-8(4-2-7)27-15(17,18)19/h1-6,22H,(H,20,23)(H,21,24). The number of alkyl halides is 3. The van der Waals surface area contributed by atoms with Gasteiger partial charge in [0.15, 0.2) is 0 Å². The molecule has 1 heterocycles. The summed E-state index contributed by atoms with van der Waals surface area (Å²) in [6.07, 6.45) is -4.87. The van der Waals surface area contributed by atoms with Crippen LogP contribution in [-0.2, 0) is 10.0 Å². The molecule has 0 radical (unpaired) electrons. The van der Waals surface area contributed by atoms with Crippen LogP contribution in [0, 0.1) is 0 Å². The van der Waals surface area contributed by atoms with Gasteiger partial charge in [-0.05, 0) is 52.3 Å². The average molecular weight is 480 g/mol. The zero-order valence-corrected chi connectivity index (χ0v) is 15.8. The van der Waals surface area contributed by atoms with Crippen molar-refractivity contribution in [3.63, 3.8) is 0 Å². The smallest absolute Gasteiger partial charge is 0.406 e. The Morgan fingerprint density at radius 2 is 1.50 bits per heavy atom. The van der Waals surface area contributed by atoms with Gasteiger partial charge >= 0.3 is 17.5 Å². The zero-order chi connectivity index (χ0) is 20.7. The van der Waals surface area contributed by atoms with E-state index >= 15 is 0 Å². The summed E-state index contributed by atoms with van der Waals surface area (Å²) in [5.41, 5.74) is -1.59. The normalized spacial score (nSPS) is 12.1. The van der Waals surface area contributed by atoms with Crippen molar-refractivity contribution >= 4 is 42.7 Å². The Balaban J connectivity index is 1.94. The van der Waals surface area contributed by atoms with Gasteiger partial charge in [-0.25, -0.2) is 8.42 Å². The first kappa shape index (κ1) is 19.9. The SMILES string of the molecule is O=c1[nH]c2cc(Br)c(S(=O)(=O)Nc3ccc(OC(F)(F)F)cc3)cc2[nH]c1=O. The van der Waals surface area contributed by atoms with E-state index < -0.39 is 33.3 Å². The Hall–Kier alpha value is -2.80. The molecule has 0 atom stereocenters. The number of aromatic nitrogens is 2. The van der Waals surface area contributed by atoms with E-state index in [0.717, 1.165) is 30.3 Å². The van der Waals surface area contributed by atoms with E-state index in [9.17, 15) is 31.2 Å². The molecule has 1 aromatic heterocycles. The van der Waals surface area contributed by atoms with Crippen molar-refractivity contribution in [2.24, 2.45) is 0 Å². The topological polar surface area (TPSA) is 121 Å². The van der Waals surface area contributed by atoms with Gasteiger partial charge in [0, 0.05) is 10.2 Å². The van der Waals surface area contributed by atoms with Gasteiger partial charge in [-0.1, -0.05) is 0 Å². The predicted molar refractivity (Wildman–Crippen MR) is 96.8 cm³/mol. The molecule has 0 aliphatic carbocycles. The van der Waals surface area contributed by atoms with Crippen molar-refractivity contribution in [3.8, 4) is 5.75 Å². The minimum atomic E-state index is -4.87. The molecule has 0 unspecified atom stereocenters. The first-order valence-electron chi connectivity index (χ1n) is 7.29. The molecule has 0 spiro atoms. The van der Waals surface area contributed by atoms with Crippen molar-refractivity contribution in [1.82, 2.24) is 9.97 Å². The monoisotopic (exact) mass is 479 g/mol. The summed E-state index contributed by atoms with van der Waals surface area (Å²) in [6.45, 7) is 0. The van der Waals surface area contributed by atoms with Gasteiger partial charge in [0.1, 0.15) is 10.6 Å². The van der Waals surface area contributed by atoms with E-state index in [-0.39, 0.29) is 26.1 Å². The van der Waals surface area contributed by atoms with E-state index in [1.807, 2.05) is 0 Å². The van der Waals surface area contributed by atoms with E-state index in [4.69, 9.17) is 0 Å². The maximum absolute atomic E-state index is 12.6. The minimum Gasteiger partial charge on any atom is -0.406 e. The highest BCUT2D eigenvalue weighted by molar-refractivity contribution is 9.10. The summed E-state index contributed by atoms with van der Waals surface area (Å²) >= 11 is 3.08. The summed E-state index contributed by atoms with van der Waals surface area (Å²) in [5, 5.41) is 0. The highest BCUT2D eigenvalue weighted by atomic mass is 79.9. The van der Waals surface area contributed by atoms with Crippen molar-refractivity contribution in [2.45, 2.75) is 11.3 Å². The molecule has 0 saturated carbocycles. The maximum atomic E-state index is 12.6. The lowest BCUT2D eigenvalue weighted by atomic mass is 10.3. The molecule has 0 fully saturated rings. The number of benzene rings is 2. The lowest BCUT2D eigenvalue weighted by Gasteiger charge is -2.12. The Bertz CT molecular complexity index is 1270. The van der Waals surface area contributed by atoms with Crippen LogP contribution in [0.5, 0.6) is 5.75 Å². The molecule has 3 rings (SSSR count). The Morgan fingerprint density at radius 3 is 2.04 bits per heavy atom. The van der Waals surface area contributed by atoms with Gasteiger partial charge in [0.25, 0.3) is 10.0 Å². The number of fused-ring (bicyclic) bond motifs is 1. The van der Waals surface area contributed by atoms with Crippen LogP contribution in [0.1, 0.15) is 0 Å². The van der Waals surface area contributed by atoms with Crippen molar-refractivity contribution in [3.05, 3.63) is 61.6 Å². The number of sulfonamides is 1. The lowest BCUT2D eigenvalue weighted by Crippen LogP contribution is -2.29. The van der Waals surface area contributed by atoms with Crippen LogP contribution in [0.2, 0.25) is 0 Å². The van der Waals surface area contributed by atoms with Gasteiger partial charge in [-0.15, -0.1) is 13.2 Å². The molecule has 0 aliphatic heterocycles. The van der Waals surface area contributed by atoms with E-state index in [1.165, 1.54) is 6.07 Å². The zero-order valence-electron chi connectivity index (χ0n) is 13.4. The Morgan fingerprint density at radius 1 is 0.964 bits per heavy atom. The fourth-order valence-electron chi connectivity index (χ4n) is 2.26. The largest absolute Gasteiger partial charge is 0.573 e. The van der Waals surface area contributed by atoms with Gasteiger partial charge in [0.2, 0.25) is 0 Å². The molecule has 0 saturated heterocycles. The third-order valence-electron chi connectivity index (χ3n) is 3.40. The summed E-state index contributed by atoms with van der Waals surface area (Å²) < 4.78 is 67.8. The highest BCUT2D eigenvalue weighted by Gasteiger charge is 2.31. The van der Waals surface area contributed by atoms with Gasteiger partial charge in [-0.2, -0.15) is 0 Å². The summed E-state index contributed by atoms with van der Waals surface area (Å²) in [5.74, 6) is -0.510. The second-order valence-corrected chi connectivity index (χ2v) is 7.92. The number of nitrogens with one attached hydrogen (secondary N) is 3. The molecule has 2 aromatic carbocycles. The van der Waals surface area contributed by atoms with Gasteiger partial charge in [-0.3, -0.25) is 14.3 Å².